The zero-order chi connectivity index (χ0) is 9.97. The molecular formula is C13H21N. The van der Waals surface area contributed by atoms with E-state index in [0.29, 0.717) is 0 Å². The van der Waals surface area contributed by atoms with Gasteiger partial charge in [0.2, 0.25) is 0 Å². The molecule has 14 heavy (non-hydrogen) atoms. The Kier molecular flexibility index (Phi) is 2.95. The Morgan fingerprint density at radius 3 is 2.57 bits per heavy atom. The van der Waals surface area contributed by atoms with Crippen LogP contribution in [0.4, 0.5) is 0 Å². The van der Waals surface area contributed by atoms with Crippen molar-refractivity contribution in [3.05, 3.63) is 23.9 Å². The second-order valence-corrected chi connectivity index (χ2v) is 4.83. The van der Waals surface area contributed by atoms with Gasteiger partial charge in [-0.1, -0.05) is 26.0 Å². The van der Waals surface area contributed by atoms with E-state index in [4.69, 9.17) is 0 Å². The van der Waals surface area contributed by atoms with Gasteiger partial charge in [0.25, 0.3) is 0 Å². The van der Waals surface area contributed by atoms with Crippen LogP contribution in [0, 0.1) is 11.8 Å². The van der Waals surface area contributed by atoms with Gasteiger partial charge in [-0.15, -0.1) is 0 Å². The Morgan fingerprint density at radius 1 is 1.21 bits per heavy atom. The summed E-state index contributed by atoms with van der Waals surface area (Å²) >= 11 is 0. The van der Waals surface area contributed by atoms with Crippen LogP contribution in [-0.4, -0.2) is 18.0 Å². The lowest BCUT2D eigenvalue weighted by molar-refractivity contribution is 0.218. The maximum absolute atomic E-state index is 2.59. The number of allylic oxidation sites excluding steroid dienone is 4. The molecule has 0 amide bonds. The highest BCUT2D eigenvalue weighted by atomic mass is 15.1. The number of rotatable bonds is 1. The van der Waals surface area contributed by atoms with E-state index in [0.717, 1.165) is 11.8 Å². The summed E-state index contributed by atoms with van der Waals surface area (Å²) in [5, 5.41) is 0. The molecule has 1 heterocycles. The molecule has 0 spiro atoms. The van der Waals surface area contributed by atoms with Gasteiger partial charge in [0.05, 0.1) is 0 Å². The predicted molar refractivity (Wildman–Crippen MR) is 61.0 cm³/mol. The van der Waals surface area contributed by atoms with Crippen LogP contribution in [0.1, 0.15) is 33.1 Å². The maximum atomic E-state index is 2.59. The topological polar surface area (TPSA) is 3.24 Å². The molecule has 78 valence electrons. The largest absolute Gasteiger partial charge is 0.375 e. The Balaban J connectivity index is 2.00. The van der Waals surface area contributed by atoms with E-state index in [1.54, 1.807) is 5.70 Å². The van der Waals surface area contributed by atoms with Gasteiger partial charge in [0.1, 0.15) is 0 Å². The Bertz CT molecular complexity index is 244. The zero-order valence-corrected chi connectivity index (χ0v) is 9.37. The predicted octanol–water partition coefficient (Wildman–Crippen LogP) is 3.20. The molecule has 1 nitrogen and oxygen atoms in total. The quantitative estimate of drug-likeness (QED) is 0.615. The average molecular weight is 191 g/mol. The number of hydrogen-bond donors (Lipinski definition) is 0. The fourth-order valence-electron chi connectivity index (χ4n) is 2.42. The molecule has 0 N–H and O–H groups in total. The standard InChI is InChI=1S/C13H21N/c1-11-7-9-14(10-8-11)13-6-4-3-5-12(13)2/h3-4,6,11-12H,5,7-10H2,1-2H3. The summed E-state index contributed by atoms with van der Waals surface area (Å²) in [5.74, 6) is 1.66. The average Bonchev–Trinajstić information content (AvgIpc) is 2.20. The second kappa shape index (κ2) is 4.20. The molecule has 0 aromatic carbocycles. The van der Waals surface area contributed by atoms with Crippen LogP contribution in [0.15, 0.2) is 23.9 Å². The van der Waals surface area contributed by atoms with Crippen LogP contribution in [0.5, 0.6) is 0 Å². The normalized spacial score (nSPS) is 29.1. The van der Waals surface area contributed by atoms with Crippen molar-refractivity contribution >= 4 is 0 Å². The highest BCUT2D eigenvalue weighted by Gasteiger charge is 2.21. The van der Waals surface area contributed by atoms with Gasteiger partial charge in [-0.25, -0.2) is 0 Å². The van der Waals surface area contributed by atoms with E-state index in [-0.39, 0.29) is 0 Å². The molecule has 1 saturated heterocycles. The fraction of sp³-hybridized carbons (Fsp3) is 0.692. The fourth-order valence-corrected chi connectivity index (χ4v) is 2.42. The summed E-state index contributed by atoms with van der Waals surface area (Å²) in [6.45, 7) is 7.25. The first-order valence-corrected chi connectivity index (χ1v) is 5.89. The van der Waals surface area contributed by atoms with E-state index in [9.17, 15) is 0 Å². The van der Waals surface area contributed by atoms with Crippen LogP contribution in [0.25, 0.3) is 0 Å². The van der Waals surface area contributed by atoms with Crippen LogP contribution in [0.3, 0.4) is 0 Å². The minimum atomic E-state index is 0.730. The van der Waals surface area contributed by atoms with Crippen LogP contribution in [-0.2, 0) is 0 Å². The minimum absolute atomic E-state index is 0.730. The van der Waals surface area contributed by atoms with E-state index in [1.807, 2.05) is 0 Å². The van der Waals surface area contributed by atoms with E-state index >= 15 is 0 Å². The third-order valence-electron chi connectivity index (χ3n) is 3.55. The van der Waals surface area contributed by atoms with Gasteiger partial charge in [-0.3, -0.25) is 0 Å². The summed E-state index contributed by atoms with van der Waals surface area (Å²) in [5.41, 5.74) is 1.57. The third-order valence-corrected chi connectivity index (χ3v) is 3.55. The highest BCUT2D eigenvalue weighted by molar-refractivity contribution is 5.19. The number of hydrogen-bond acceptors (Lipinski definition) is 1. The first-order valence-electron chi connectivity index (χ1n) is 5.89. The summed E-state index contributed by atoms with van der Waals surface area (Å²) < 4.78 is 0. The zero-order valence-electron chi connectivity index (χ0n) is 9.37. The van der Waals surface area contributed by atoms with Gasteiger partial charge >= 0.3 is 0 Å². The molecule has 0 bridgehead atoms. The minimum Gasteiger partial charge on any atom is -0.375 e. The van der Waals surface area contributed by atoms with Crippen molar-refractivity contribution in [2.45, 2.75) is 33.1 Å². The summed E-state index contributed by atoms with van der Waals surface area (Å²) in [7, 11) is 0. The Morgan fingerprint density at radius 2 is 1.93 bits per heavy atom. The number of nitrogens with zero attached hydrogens (tertiary/aromatic N) is 1. The molecule has 1 unspecified atom stereocenters. The first kappa shape index (κ1) is 9.82. The van der Waals surface area contributed by atoms with E-state index in [2.05, 4.69) is 37.0 Å². The number of likely N-dealkylation sites (tertiary alicyclic amines) is 1. The lowest BCUT2D eigenvalue weighted by atomic mass is 9.93. The first-order chi connectivity index (χ1) is 6.77. The molecule has 2 aliphatic rings. The van der Waals surface area contributed by atoms with Gasteiger partial charge in [-0.05, 0) is 37.2 Å². The third kappa shape index (κ3) is 2.02. The lowest BCUT2D eigenvalue weighted by Gasteiger charge is -2.37. The van der Waals surface area contributed by atoms with Crippen LogP contribution < -0.4 is 0 Å². The molecule has 1 heteroatoms. The van der Waals surface area contributed by atoms with Gasteiger partial charge in [0.15, 0.2) is 0 Å². The molecule has 1 atom stereocenters. The van der Waals surface area contributed by atoms with Gasteiger partial charge in [0, 0.05) is 18.8 Å². The maximum Gasteiger partial charge on any atom is 0.0177 e. The van der Waals surface area contributed by atoms with Crippen molar-refractivity contribution in [1.82, 2.24) is 4.90 Å². The number of piperidine rings is 1. The summed E-state index contributed by atoms with van der Waals surface area (Å²) in [6.07, 6.45) is 10.8. The van der Waals surface area contributed by atoms with E-state index < -0.39 is 0 Å². The molecule has 1 aliphatic carbocycles. The molecule has 0 saturated carbocycles. The molecule has 0 aromatic rings. The Hall–Kier alpha value is -0.720. The smallest absolute Gasteiger partial charge is 0.0177 e. The summed E-state index contributed by atoms with van der Waals surface area (Å²) in [6, 6.07) is 0. The van der Waals surface area contributed by atoms with Crippen molar-refractivity contribution in [3.63, 3.8) is 0 Å². The molecule has 0 aromatic heterocycles. The highest BCUT2D eigenvalue weighted by Crippen LogP contribution is 2.27. The summed E-state index contributed by atoms with van der Waals surface area (Å²) in [4.78, 5) is 2.59. The molecular weight excluding hydrogens is 170 g/mol. The van der Waals surface area contributed by atoms with Crippen LogP contribution in [0.2, 0.25) is 0 Å². The molecule has 1 fully saturated rings. The van der Waals surface area contributed by atoms with Crippen molar-refractivity contribution in [1.29, 1.82) is 0 Å². The van der Waals surface area contributed by atoms with Gasteiger partial charge < -0.3 is 4.90 Å². The van der Waals surface area contributed by atoms with Crippen molar-refractivity contribution in [2.75, 3.05) is 13.1 Å². The van der Waals surface area contributed by atoms with Crippen molar-refractivity contribution < 1.29 is 0 Å². The van der Waals surface area contributed by atoms with Crippen molar-refractivity contribution in [3.8, 4) is 0 Å². The van der Waals surface area contributed by atoms with Crippen molar-refractivity contribution in [2.24, 2.45) is 11.8 Å². The molecule has 0 radical (unpaired) electrons. The Labute approximate surface area is 87.5 Å². The lowest BCUT2D eigenvalue weighted by Crippen LogP contribution is -2.34. The SMILES string of the molecule is CC1CCN(C2=CC=CCC2C)CC1. The van der Waals surface area contributed by atoms with Gasteiger partial charge in [-0.2, -0.15) is 0 Å². The molecule has 2 rings (SSSR count). The van der Waals surface area contributed by atoms with Crippen LogP contribution >= 0.6 is 0 Å². The molecule has 1 aliphatic heterocycles. The second-order valence-electron chi connectivity index (χ2n) is 4.83. The monoisotopic (exact) mass is 191 g/mol. The van der Waals surface area contributed by atoms with E-state index in [1.165, 1.54) is 32.4 Å².